The highest BCUT2D eigenvalue weighted by Crippen LogP contribution is 2.30. The van der Waals surface area contributed by atoms with Crippen LogP contribution in [0.15, 0.2) is 109 Å². The van der Waals surface area contributed by atoms with E-state index in [9.17, 15) is 18.0 Å². The van der Waals surface area contributed by atoms with Gasteiger partial charge in [-0.2, -0.15) is 13.2 Å². The van der Waals surface area contributed by atoms with Gasteiger partial charge in [0, 0.05) is 17.5 Å². The lowest BCUT2D eigenvalue weighted by Gasteiger charge is -2.09. The molecule has 0 aliphatic heterocycles. The second kappa shape index (κ2) is 12.0. The zero-order valence-electron chi connectivity index (χ0n) is 21.0. The molecule has 0 fully saturated rings. The molecular weight excluding hydrogens is 537 g/mol. The Bertz CT molecular complexity index is 1570. The maximum Gasteiger partial charge on any atom is 0.416 e. The molecule has 0 bridgehead atoms. The number of amides is 1. The molecule has 1 N–H and O–H groups in total. The highest BCUT2D eigenvalue weighted by Gasteiger charge is 2.29. The third-order valence-electron chi connectivity index (χ3n) is 5.86. The summed E-state index contributed by atoms with van der Waals surface area (Å²) >= 11 is 1.35. The lowest BCUT2D eigenvalue weighted by atomic mass is 10.1. The number of hydrogen-bond acceptors (Lipinski definition) is 5. The quantitative estimate of drug-likeness (QED) is 0.198. The number of carbonyl (C=O) groups is 1. The van der Waals surface area contributed by atoms with Crippen LogP contribution >= 0.6 is 11.3 Å². The highest BCUT2D eigenvalue weighted by atomic mass is 32.1. The number of hydrogen-bond donors (Lipinski definition) is 1. The Morgan fingerprint density at radius 3 is 2.25 bits per heavy atom. The molecule has 0 aliphatic carbocycles. The monoisotopic (exact) mass is 560 g/mol. The van der Waals surface area contributed by atoms with E-state index < -0.39 is 11.7 Å². The first-order valence-corrected chi connectivity index (χ1v) is 13.2. The molecule has 0 spiro atoms. The summed E-state index contributed by atoms with van der Waals surface area (Å²) in [7, 11) is 0. The van der Waals surface area contributed by atoms with Crippen LogP contribution in [0.5, 0.6) is 17.2 Å². The molecule has 0 saturated heterocycles. The van der Waals surface area contributed by atoms with Crippen LogP contribution in [0.25, 0.3) is 10.6 Å². The molecular formula is C31H23F3N2O3S. The van der Waals surface area contributed by atoms with Crippen molar-refractivity contribution in [2.45, 2.75) is 19.3 Å². The van der Waals surface area contributed by atoms with Crippen molar-refractivity contribution in [1.82, 2.24) is 10.3 Å². The predicted molar refractivity (Wildman–Crippen MR) is 147 cm³/mol. The molecule has 0 radical (unpaired) electrons. The van der Waals surface area contributed by atoms with Crippen LogP contribution in [0.1, 0.15) is 27.2 Å². The minimum absolute atomic E-state index is 0.139. The third kappa shape index (κ3) is 7.06. The Kier molecular flexibility index (Phi) is 8.12. The number of rotatable bonds is 9. The van der Waals surface area contributed by atoms with Crippen LogP contribution in [-0.2, 0) is 19.3 Å². The normalized spacial score (nSPS) is 11.2. The van der Waals surface area contributed by atoms with Gasteiger partial charge in [-0.1, -0.05) is 42.5 Å². The predicted octanol–water partition coefficient (Wildman–Crippen LogP) is 8.13. The summed E-state index contributed by atoms with van der Waals surface area (Å²) in [6, 6.07) is 29.0. The molecule has 1 amide bonds. The van der Waals surface area contributed by atoms with E-state index in [1.54, 1.807) is 17.5 Å². The van der Waals surface area contributed by atoms with Crippen molar-refractivity contribution in [2.24, 2.45) is 0 Å². The van der Waals surface area contributed by atoms with Gasteiger partial charge in [0.05, 0.1) is 5.56 Å². The average molecular weight is 561 g/mol. The number of benzene rings is 4. The molecule has 1 heterocycles. The maximum absolute atomic E-state index is 12.7. The molecule has 5 nitrogen and oxygen atoms in total. The van der Waals surface area contributed by atoms with Crippen molar-refractivity contribution in [2.75, 3.05) is 0 Å². The van der Waals surface area contributed by atoms with Crippen LogP contribution in [0.3, 0.4) is 0 Å². The summed E-state index contributed by atoms with van der Waals surface area (Å²) in [6.07, 6.45) is -4.37. The Morgan fingerprint density at radius 1 is 0.800 bits per heavy atom. The second-order valence-corrected chi connectivity index (χ2v) is 9.65. The molecule has 9 heteroatoms. The summed E-state index contributed by atoms with van der Waals surface area (Å²) in [5, 5.41) is 5.27. The molecule has 40 heavy (non-hydrogen) atoms. The van der Waals surface area contributed by atoms with Crippen molar-refractivity contribution in [3.05, 3.63) is 131 Å². The molecule has 202 valence electrons. The molecule has 0 saturated carbocycles. The van der Waals surface area contributed by atoms with Gasteiger partial charge in [0.25, 0.3) is 5.91 Å². The Morgan fingerprint density at radius 2 is 1.52 bits per heavy atom. The first-order valence-electron chi connectivity index (χ1n) is 12.3. The van der Waals surface area contributed by atoms with Gasteiger partial charge in [-0.15, -0.1) is 11.3 Å². The zero-order chi connectivity index (χ0) is 28.0. The van der Waals surface area contributed by atoms with E-state index in [0.29, 0.717) is 34.3 Å². The number of halogens is 3. The summed E-state index contributed by atoms with van der Waals surface area (Å²) < 4.78 is 49.7. The number of carbonyl (C=O) groups excluding carboxylic acids is 1. The average Bonchev–Trinajstić information content (AvgIpc) is 3.46. The smallest absolute Gasteiger partial charge is 0.416 e. The van der Waals surface area contributed by atoms with Gasteiger partial charge in [0.15, 0.2) is 0 Å². The van der Waals surface area contributed by atoms with E-state index in [4.69, 9.17) is 9.47 Å². The minimum Gasteiger partial charge on any atom is -0.489 e. The summed E-state index contributed by atoms with van der Waals surface area (Å²) in [5.74, 6) is 1.70. The van der Waals surface area contributed by atoms with E-state index >= 15 is 0 Å². The van der Waals surface area contributed by atoms with E-state index in [1.165, 1.54) is 23.5 Å². The Hall–Kier alpha value is -4.63. The fourth-order valence-corrected chi connectivity index (χ4v) is 4.58. The number of alkyl halides is 3. The summed E-state index contributed by atoms with van der Waals surface area (Å²) in [4.78, 5) is 17.2. The Labute approximate surface area is 232 Å². The van der Waals surface area contributed by atoms with Crippen molar-refractivity contribution in [3.63, 3.8) is 0 Å². The number of nitrogens with zero attached hydrogens (tertiary/aromatic N) is 1. The summed E-state index contributed by atoms with van der Waals surface area (Å²) in [5.41, 5.74) is 1.96. The van der Waals surface area contributed by atoms with Crippen molar-refractivity contribution < 1.29 is 27.4 Å². The first kappa shape index (κ1) is 27.0. The van der Waals surface area contributed by atoms with Gasteiger partial charge in [-0.05, 0) is 71.8 Å². The molecule has 1 aromatic heterocycles. The van der Waals surface area contributed by atoms with Crippen molar-refractivity contribution >= 4 is 17.2 Å². The van der Waals surface area contributed by atoms with Gasteiger partial charge in [-0.3, -0.25) is 4.79 Å². The zero-order valence-corrected chi connectivity index (χ0v) is 21.8. The molecule has 5 aromatic rings. The fourth-order valence-electron chi connectivity index (χ4n) is 3.78. The number of ether oxygens (including phenoxy) is 2. The summed E-state index contributed by atoms with van der Waals surface area (Å²) in [6.45, 7) is 0.461. The minimum atomic E-state index is -4.37. The van der Waals surface area contributed by atoms with Gasteiger partial charge in [0.2, 0.25) is 0 Å². The van der Waals surface area contributed by atoms with E-state index in [1.807, 2.05) is 66.7 Å². The molecule has 4 aromatic carbocycles. The van der Waals surface area contributed by atoms with Gasteiger partial charge in [-0.25, -0.2) is 4.98 Å². The lowest BCUT2D eigenvalue weighted by molar-refractivity contribution is -0.137. The van der Waals surface area contributed by atoms with Crippen LogP contribution in [0, 0.1) is 0 Å². The SMILES string of the molecule is O=C(NCc1cccc(Oc2ccccc2)c1)c1csc(-c2ccc(OCc3ccc(C(F)(F)F)cc3)cc2)n1. The van der Waals surface area contributed by atoms with Crippen LogP contribution in [-0.4, -0.2) is 10.9 Å². The third-order valence-corrected chi connectivity index (χ3v) is 6.75. The van der Waals surface area contributed by atoms with E-state index in [-0.39, 0.29) is 12.5 Å². The van der Waals surface area contributed by atoms with Crippen molar-refractivity contribution in [3.8, 4) is 27.8 Å². The molecule has 0 aliphatic rings. The topological polar surface area (TPSA) is 60.5 Å². The molecule has 0 atom stereocenters. The van der Waals surface area contributed by atoms with Gasteiger partial charge in [0.1, 0.15) is 34.6 Å². The van der Waals surface area contributed by atoms with Crippen LogP contribution in [0.4, 0.5) is 13.2 Å². The number of thiazole rings is 1. The van der Waals surface area contributed by atoms with Crippen molar-refractivity contribution in [1.29, 1.82) is 0 Å². The van der Waals surface area contributed by atoms with E-state index in [0.717, 1.165) is 29.0 Å². The molecule has 0 unspecified atom stereocenters. The molecule has 5 rings (SSSR count). The van der Waals surface area contributed by atoms with Crippen LogP contribution < -0.4 is 14.8 Å². The maximum atomic E-state index is 12.7. The number of nitrogens with one attached hydrogen (secondary N) is 1. The number of para-hydroxylation sites is 1. The fraction of sp³-hybridized carbons (Fsp3) is 0.0968. The van der Waals surface area contributed by atoms with Gasteiger partial charge >= 0.3 is 6.18 Å². The standard InChI is InChI=1S/C31H23F3N2O3S/c32-31(33,34)24-13-9-21(10-14-24)19-38-25-15-11-23(12-16-25)30-36-28(20-40-30)29(37)35-18-22-5-4-8-27(17-22)39-26-6-2-1-3-7-26/h1-17,20H,18-19H2,(H,35,37). The van der Waals surface area contributed by atoms with Gasteiger partial charge < -0.3 is 14.8 Å². The largest absolute Gasteiger partial charge is 0.489 e. The lowest BCUT2D eigenvalue weighted by Crippen LogP contribution is -2.23. The highest BCUT2D eigenvalue weighted by molar-refractivity contribution is 7.13. The first-order chi connectivity index (χ1) is 19.3. The van der Waals surface area contributed by atoms with Crippen LogP contribution in [0.2, 0.25) is 0 Å². The Balaban J connectivity index is 1.14. The number of aromatic nitrogens is 1. The second-order valence-electron chi connectivity index (χ2n) is 8.79. The van der Waals surface area contributed by atoms with E-state index in [2.05, 4.69) is 10.3 Å².